The molecule has 2 saturated heterocycles. The molecular weight excluding hydrogens is 622 g/mol. The van der Waals surface area contributed by atoms with E-state index in [1.165, 1.54) is 0 Å². The van der Waals surface area contributed by atoms with Gasteiger partial charge in [0.15, 0.2) is 12.5 Å². The fourth-order valence-corrected chi connectivity index (χ4v) is 5.18. The SMILES string of the molecule is C#CCCO.Fc1nn(C2CCCCO2)c2ccc(Br)cc12.OCCC#Cc1ccc2c(c1)c(F)nn2C1CCCCO1. The Hall–Kier alpha value is -3.32. The van der Waals surface area contributed by atoms with Crippen LogP contribution in [-0.4, -0.2) is 56.2 Å². The summed E-state index contributed by atoms with van der Waals surface area (Å²) in [7, 11) is 0. The molecule has 2 aliphatic rings. The number of halogens is 3. The maximum atomic E-state index is 14.1. The Morgan fingerprint density at radius 1 is 0.837 bits per heavy atom. The molecule has 2 aromatic carbocycles. The fourth-order valence-electron chi connectivity index (χ4n) is 4.81. The molecule has 2 unspecified atom stereocenters. The number of rotatable bonds is 4. The van der Waals surface area contributed by atoms with Gasteiger partial charge in [-0.15, -0.1) is 22.5 Å². The summed E-state index contributed by atoms with van der Waals surface area (Å²) in [6, 6.07) is 10.9. The zero-order valence-electron chi connectivity index (χ0n) is 23.8. The standard InChI is InChI=1S/C16H17FN2O2.C12H12BrFN2O.C4H6O/c17-16-13-11-12(5-1-3-9-20)7-8-14(13)19(18-16)15-6-2-4-10-21-15;13-8-4-5-10-9(7-8)12(14)15-16(10)11-3-1-2-6-17-11;1-2-3-4-5/h7-8,11,15,20H,2-4,6,9-10H2;4-5,7,11H,1-3,6H2;1,5H,3-4H2. The Bertz CT molecular complexity index is 1590. The zero-order valence-corrected chi connectivity index (χ0v) is 25.4. The van der Waals surface area contributed by atoms with Crippen LogP contribution in [0.3, 0.4) is 0 Å². The van der Waals surface area contributed by atoms with Crippen LogP contribution in [0.5, 0.6) is 0 Å². The monoisotopic (exact) mass is 656 g/mol. The largest absolute Gasteiger partial charge is 0.395 e. The number of terminal acetylenes is 1. The topological polar surface area (TPSA) is 94.6 Å². The van der Waals surface area contributed by atoms with Crippen LogP contribution in [0.4, 0.5) is 8.78 Å². The Kier molecular flexibility index (Phi) is 12.5. The van der Waals surface area contributed by atoms with Crippen LogP contribution in [0.1, 0.15) is 69.4 Å². The smallest absolute Gasteiger partial charge is 0.240 e. The molecule has 43 heavy (non-hydrogen) atoms. The van der Waals surface area contributed by atoms with Crippen molar-refractivity contribution in [3.05, 3.63) is 58.3 Å². The minimum atomic E-state index is -0.495. The second kappa shape index (κ2) is 16.5. The normalized spacial score (nSPS) is 18.0. The van der Waals surface area contributed by atoms with Crippen molar-refractivity contribution in [2.75, 3.05) is 26.4 Å². The van der Waals surface area contributed by atoms with E-state index in [2.05, 4.69) is 43.9 Å². The Balaban J connectivity index is 0.000000173. The molecule has 4 aromatic rings. The predicted octanol–water partition coefficient (Wildman–Crippen LogP) is 6.25. The van der Waals surface area contributed by atoms with Gasteiger partial charge in [0.25, 0.3) is 0 Å². The minimum Gasteiger partial charge on any atom is -0.395 e. The molecule has 0 amide bonds. The number of aromatic nitrogens is 4. The van der Waals surface area contributed by atoms with Gasteiger partial charge in [-0.25, -0.2) is 9.36 Å². The highest BCUT2D eigenvalue weighted by Gasteiger charge is 2.22. The van der Waals surface area contributed by atoms with Crippen LogP contribution in [0, 0.1) is 36.1 Å². The summed E-state index contributed by atoms with van der Waals surface area (Å²) in [5.41, 5.74) is 2.24. The molecule has 0 spiro atoms. The van der Waals surface area contributed by atoms with E-state index in [0.717, 1.165) is 66.2 Å². The quantitative estimate of drug-likeness (QED) is 0.252. The van der Waals surface area contributed by atoms with Crippen LogP contribution >= 0.6 is 15.9 Å². The lowest BCUT2D eigenvalue weighted by atomic mass is 10.1. The Labute approximate surface area is 258 Å². The Morgan fingerprint density at radius 2 is 1.40 bits per heavy atom. The van der Waals surface area contributed by atoms with E-state index in [4.69, 9.17) is 26.1 Å². The van der Waals surface area contributed by atoms with Crippen molar-refractivity contribution in [1.82, 2.24) is 19.6 Å². The van der Waals surface area contributed by atoms with E-state index in [1.54, 1.807) is 21.5 Å². The molecule has 6 rings (SSSR count). The summed E-state index contributed by atoms with van der Waals surface area (Å²) >= 11 is 3.34. The third-order valence-electron chi connectivity index (χ3n) is 6.87. The number of aliphatic hydroxyl groups is 2. The van der Waals surface area contributed by atoms with Gasteiger partial charge in [0, 0.05) is 36.1 Å². The first-order chi connectivity index (χ1) is 21.0. The molecule has 0 radical (unpaired) electrons. The van der Waals surface area contributed by atoms with Gasteiger partial charge in [-0.3, -0.25) is 0 Å². The van der Waals surface area contributed by atoms with Crippen LogP contribution in [0.25, 0.3) is 21.8 Å². The summed E-state index contributed by atoms with van der Waals surface area (Å²) < 4.78 is 43.2. The van der Waals surface area contributed by atoms with Gasteiger partial charge in [0.2, 0.25) is 11.9 Å². The molecule has 2 atom stereocenters. The highest BCUT2D eigenvalue weighted by molar-refractivity contribution is 9.10. The van der Waals surface area contributed by atoms with E-state index in [9.17, 15) is 8.78 Å². The molecule has 4 heterocycles. The van der Waals surface area contributed by atoms with Crippen molar-refractivity contribution in [2.45, 2.75) is 63.8 Å². The first kappa shape index (κ1) is 32.6. The maximum Gasteiger partial charge on any atom is 0.240 e. The van der Waals surface area contributed by atoms with Crippen LogP contribution < -0.4 is 0 Å². The number of nitrogens with zero attached hydrogens (tertiary/aromatic N) is 4. The van der Waals surface area contributed by atoms with Crippen molar-refractivity contribution in [2.24, 2.45) is 0 Å². The van der Waals surface area contributed by atoms with E-state index >= 15 is 0 Å². The van der Waals surface area contributed by atoms with Gasteiger partial charge in [0.05, 0.1) is 35.0 Å². The molecule has 8 nitrogen and oxygen atoms in total. The highest BCUT2D eigenvalue weighted by atomic mass is 79.9. The number of fused-ring (bicyclic) bond motifs is 2. The third-order valence-corrected chi connectivity index (χ3v) is 7.36. The van der Waals surface area contributed by atoms with Crippen molar-refractivity contribution in [3.63, 3.8) is 0 Å². The molecule has 2 N–H and O–H groups in total. The van der Waals surface area contributed by atoms with E-state index in [1.807, 2.05) is 24.3 Å². The molecule has 2 aromatic heterocycles. The number of aliphatic hydroxyl groups excluding tert-OH is 2. The van der Waals surface area contributed by atoms with Gasteiger partial charge in [0.1, 0.15) is 0 Å². The third kappa shape index (κ3) is 8.62. The van der Waals surface area contributed by atoms with Crippen LogP contribution in [0.2, 0.25) is 0 Å². The number of benzene rings is 2. The lowest BCUT2D eigenvalue weighted by molar-refractivity contribution is -0.0376. The molecule has 228 valence electrons. The first-order valence-electron chi connectivity index (χ1n) is 14.3. The molecule has 11 heteroatoms. The summed E-state index contributed by atoms with van der Waals surface area (Å²) in [4.78, 5) is 0. The van der Waals surface area contributed by atoms with Crippen molar-refractivity contribution in [1.29, 1.82) is 0 Å². The number of hydrogen-bond acceptors (Lipinski definition) is 6. The second-order valence-corrected chi connectivity index (χ2v) is 10.9. The van der Waals surface area contributed by atoms with E-state index in [0.29, 0.717) is 30.2 Å². The fraction of sp³-hybridized carbons (Fsp3) is 0.438. The molecule has 0 aliphatic carbocycles. The summed E-state index contributed by atoms with van der Waals surface area (Å²) in [5.74, 6) is 7.08. The predicted molar refractivity (Wildman–Crippen MR) is 164 cm³/mol. The van der Waals surface area contributed by atoms with Gasteiger partial charge < -0.3 is 19.7 Å². The van der Waals surface area contributed by atoms with E-state index < -0.39 is 11.9 Å². The average Bonchev–Trinajstić information content (AvgIpc) is 3.55. The zero-order chi connectivity index (χ0) is 30.6. The summed E-state index contributed by atoms with van der Waals surface area (Å²) in [5, 5.41) is 25.6. The van der Waals surface area contributed by atoms with E-state index in [-0.39, 0.29) is 25.7 Å². The number of ether oxygens (including phenoxy) is 2. The minimum absolute atomic E-state index is 0.0283. The Morgan fingerprint density at radius 3 is 1.88 bits per heavy atom. The number of hydrogen-bond donors (Lipinski definition) is 2. The van der Waals surface area contributed by atoms with Gasteiger partial charge in [-0.05, 0) is 74.9 Å². The average molecular weight is 658 g/mol. The molecule has 2 aliphatic heterocycles. The molecular formula is C32H35BrF2N4O4. The van der Waals surface area contributed by atoms with Gasteiger partial charge in [-0.1, -0.05) is 27.8 Å². The van der Waals surface area contributed by atoms with Crippen LogP contribution in [0.15, 0.2) is 40.9 Å². The van der Waals surface area contributed by atoms with Crippen molar-refractivity contribution >= 4 is 37.7 Å². The van der Waals surface area contributed by atoms with Crippen molar-refractivity contribution < 1.29 is 28.5 Å². The second-order valence-electron chi connectivity index (χ2n) is 9.96. The van der Waals surface area contributed by atoms with Crippen LogP contribution in [-0.2, 0) is 9.47 Å². The molecule has 2 fully saturated rings. The maximum absolute atomic E-state index is 14.1. The molecule has 0 saturated carbocycles. The van der Waals surface area contributed by atoms with Gasteiger partial charge >= 0.3 is 0 Å². The lowest BCUT2D eigenvalue weighted by Gasteiger charge is -2.23. The summed E-state index contributed by atoms with van der Waals surface area (Å²) in [6.07, 6.45) is 11.3. The highest BCUT2D eigenvalue weighted by Crippen LogP contribution is 2.30. The lowest BCUT2D eigenvalue weighted by Crippen LogP contribution is -2.19. The summed E-state index contributed by atoms with van der Waals surface area (Å²) in [6.45, 7) is 1.56. The van der Waals surface area contributed by atoms with Gasteiger partial charge in [-0.2, -0.15) is 8.78 Å². The molecule has 0 bridgehead atoms. The first-order valence-corrected chi connectivity index (χ1v) is 15.1. The van der Waals surface area contributed by atoms with Crippen molar-refractivity contribution in [3.8, 4) is 24.2 Å².